The highest BCUT2D eigenvalue weighted by Crippen LogP contribution is 2.35. The molecule has 1 aliphatic carbocycles. The Morgan fingerprint density at radius 3 is 2.79 bits per heavy atom. The van der Waals surface area contributed by atoms with Crippen LogP contribution < -0.4 is 5.73 Å². The SMILES string of the molecule is CCCc1cc(N)c2oc(C3CCCCC3)nc2c1. The molecular formula is C16H22N2O. The monoisotopic (exact) mass is 258 g/mol. The number of hydrogen-bond donors (Lipinski definition) is 1. The van der Waals surface area contributed by atoms with Gasteiger partial charge in [0.25, 0.3) is 0 Å². The number of nitrogens with zero attached hydrogens (tertiary/aromatic N) is 1. The Morgan fingerprint density at radius 1 is 1.26 bits per heavy atom. The lowest BCUT2D eigenvalue weighted by Crippen LogP contribution is -2.04. The van der Waals surface area contributed by atoms with Crippen molar-refractivity contribution in [1.29, 1.82) is 0 Å². The number of aryl methyl sites for hydroxylation is 1. The van der Waals surface area contributed by atoms with E-state index in [0.717, 1.165) is 35.5 Å². The summed E-state index contributed by atoms with van der Waals surface area (Å²) in [5, 5.41) is 0. The molecule has 0 bridgehead atoms. The third-order valence-corrected chi connectivity index (χ3v) is 4.09. The fourth-order valence-electron chi connectivity index (χ4n) is 3.09. The fourth-order valence-corrected chi connectivity index (χ4v) is 3.09. The minimum absolute atomic E-state index is 0.496. The molecule has 1 fully saturated rings. The van der Waals surface area contributed by atoms with Gasteiger partial charge in [0.2, 0.25) is 0 Å². The number of anilines is 1. The van der Waals surface area contributed by atoms with Crippen LogP contribution in [-0.2, 0) is 6.42 Å². The first-order valence-electron chi connectivity index (χ1n) is 7.46. The Hall–Kier alpha value is -1.51. The molecule has 0 amide bonds. The number of aromatic nitrogens is 1. The van der Waals surface area contributed by atoms with E-state index in [9.17, 15) is 0 Å². The van der Waals surface area contributed by atoms with Crippen molar-refractivity contribution in [2.45, 2.75) is 57.8 Å². The lowest BCUT2D eigenvalue weighted by molar-refractivity contribution is 0.373. The second-order valence-corrected chi connectivity index (χ2v) is 5.67. The molecule has 0 atom stereocenters. The molecule has 0 radical (unpaired) electrons. The molecule has 1 heterocycles. The van der Waals surface area contributed by atoms with Crippen LogP contribution in [0, 0.1) is 0 Å². The van der Waals surface area contributed by atoms with Crippen molar-refractivity contribution in [2.75, 3.05) is 5.73 Å². The summed E-state index contributed by atoms with van der Waals surface area (Å²) in [5.41, 5.74) is 9.80. The highest BCUT2D eigenvalue weighted by atomic mass is 16.3. The molecule has 3 heteroatoms. The Labute approximate surface area is 114 Å². The van der Waals surface area contributed by atoms with E-state index in [4.69, 9.17) is 15.1 Å². The maximum absolute atomic E-state index is 6.10. The van der Waals surface area contributed by atoms with Crippen LogP contribution in [0.4, 0.5) is 5.69 Å². The van der Waals surface area contributed by atoms with E-state index in [0.29, 0.717) is 5.92 Å². The lowest BCUT2D eigenvalue weighted by atomic mass is 9.89. The van der Waals surface area contributed by atoms with Gasteiger partial charge in [-0.05, 0) is 37.0 Å². The van der Waals surface area contributed by atoms with Crippen LogP contribution >= 0.6 is 0 Å². The summed E-state index contributed by atoms with van der Waals surface area (Å²) in [5.74, 6) is 1.39. The second kappa shape index (κ2) is 5.24. The van der Waals surface area contributed by atoms with E-state index in [1.165, 1.54) is 37.7 Å². The lowest BCUT2D eigenvalue weighted by Gasteiger charge is -2.17. The Kier molecular flexibility index (Phi) is 3.45. The fraction of sp³-hybridized carbons (Fsp3) is 0.562. The van der Waals surface area contributed by atoms with Crippen molar-refractivity contribution >= 4 is 16.8 Å². The summed E-state index contributed by atoms with van der Waals surface area (Å²) in [4.78, 5) is 4.69. The maximum Gasteiger partial charge on any atom is 0.198 e. The van der Waals surface area contributed by atoms with Crippen LogP contribution in [0.3, 0.4) is 0 Å². The van der Waals surface area contributed by atoms with Crippen molar-refractivity contribution in [3.8, 4) is 0 Å². The molecular weight excluding hydrogens is 236 g/mol. The first kappa shape index (κ1) is 12.5. The summed E-state index contributed by atoms with van der Waals surface area (Å²) in [6.45, 7) is 2.18. The molecule has 0 spiro atoms. The summed E-state index contributed by atoms with van der Waals surface area (Å²) in [6, 6.07) is 4.16. The average Bonchev–Trinajstić information content (AvgIpc) is 2.85. The van der Waals surface area contributed by atoms with E-state index in [-0.39, 0.29) is 0 Å². The van der Waals surface area contributed by atoms with Crippen LogP contribution in [-0.4, -0.2) is 4.98 Å². The summed E-state index contributed by atoms with van der Waals surface area (Å²) in [7, 11) is 0. The van der Waals surface area contributed by atoms with Crippen molar-refractivity contribution in [3.63, 3.8) is 0 Å². The van der Waals surface area contributed by atoms with Crippen LogP contribution in [0.15, 0.2) is 16.5 Å². The number of hydrogen-bond acceptors (Lipinski definition) is 3. The molecule has 19 heavy (non-hydrogen) atoms. The topological polar surface area (TPSA) is 52.0 Å². The minimum Gasteiger partial charge on any atom is -0.438 e. The molecule has 2 aromatic rings. The standard InChI is InChI=1S/C16H22N2O/c1-2-6-11-9-13(17)15-14(10-11)18-16(19-15)12-7-4-3-5-8-12/h9-10,12H,2-8,17H2,1H3. The zero-order valence-electron chi connectivity index (χ0n) is 11.6. The smallest absolute Gasteiger partial charge is 0.198 e. The predicted octanol–water partition coefficient (Wildman–Crippen LogP) is 4.41. The molecule has 1 aromatic carbocycles. The summed E-state index contributed by atoms with van der Waals surface area (Å²) in [6.07, 6.45) is 8.51. The number of nitrogens with two attached hydrogens (primary N) is 1. The van der Waals surface area contributed by atoms with Gasteiger partial charge in [-0.1, -0.05) is 32.6 Å². The van der Waals surface area contributed by atoms with Gasteiger partial charge < -0.3 is 10.2 Å². The third kappa shape index (κ3) is 2.46. The van der Waals surface area contributed by atoms with Crippen molar-refractivity contribution < 1.29 is 4.42 Å². The second-order valence-electron chi connectivity index (χ2n) is 5.67. The molecule has 1 saturated carbocycles. The zero-order chi connectivity index (χ0) is 13.2. The van der Waals surface area contributed by atoms with Crippen LogP contribution in [0.5, 0.6) is 0 Å². The highest BCUT2D eigenvalue weighted by molar-refractivity contribution is 5.85. The van der Waals surface area contributed by atoms with E-state index in [1.807, 2.05) is 6.07 Å². The van der Waals surface area contributed by atoms with Crippen LogP contribution in [0.1, 0.15) is 62.8 Å². The molecule has 1 aliphatic rings. The summed E-state index contributed by atoms with van der Waals surface area (Å²) >= 11 is 0. The molecule has 3 nitrogen and oxygen atoms in total. The molecule has 0 saturated heterocycles. The minimum atomic E-state index is 0.496. The third-order valence-electron chi connectivity index (χ3n) is 4.09. The van der Waals surface area contributed by atoms with Crippen molar-refractivity contribution in [2.24, 2.45) is 0 Å². The van der Waals surface area contributed by atoms with Gasteiger partial charge in [-0.3, -0.25) is 0 Å². The first-order valence-corrected chi connectivity index (χ1v) is 7.46. The molecule has 3 rings (SSSR count). The molecule has 2 N–H and O–H groups in total. The van der Waals surface area contributed by atoms with Crippen LogP contribution in [0.25, 0.3) is 11.1 Å². The number of nitrogen functional groups attached to an aromatic ring is 1. The highest BCUT2D eigenvalue weighted by Gasteiger charge is 2.21. The largest absolute Gasteiger partial charge is 0.438 e. The van der Waals surface area contributed by atoms with Gasteiger partial charge in [0.15, 0.2) is 11.5 Å². The molecule has 0 aliphatic heterocycles. The number of oxazole rings is 1. The zero-order valence-corrected chi connectivity index (χ0v) is 11.6. The van der Waals surface area contributed by atoms with Gasteiger partial charge in [-0.15, -0.1) is 0 Å². The maximum atomic E-state index is 6.10. The van der Waals surface area contributed by atoms with Gasteiger partial charge >= 0.3 is 0 Å². The predicted molar refractivity (Wildman–Crippen MR) is 78.2 cm³/mol. The Balaban J connectivity index is 1.97. The number of benzene rings is 1. The number of rotatable bonds is 3. The van der Waals surface area contributed by atoms with Crippen molar-refractivity contribution in [3.05, 3.63) is 23.6 Å². The molecule has 102 valence electrons. The number of fused-ring (bicyclic) bond motifs is 1. The van der Waals surface area contributed by atoms with Gasteiger partial charge in [0.1, 0.15) is 5.52 Å². The Morgan fingerprint density at radius 2 is 2.05 bits per heavy atom. The molecule has 0 unspecified atom stereocenters. The quantitative estimate of drug-likeness (QED) is 0.830. The van der Waals surface area contributed by atoms with E-state index in [1.54, 1.807) is 0 Å². The van der Waals surface area contributed by atoms with Crippen molar-refractivity contribution in [1.82, 2.24) is 4.98 Å². The van der Waals surface area contributed by atoms with Gasteiger partial charge in [0, 0.05) is 5.92 Å². The van der Waals surface area contributed by atoms with E-state index >= 15 is 0 Å². The average molecular weight is 258 g/mol. The van der Waals surface area contributed by atoms with E-state index in [2.05, 4.69) is 13.0 Å². The Bertz CT molecular complexity index is 567. The molecule has 1 aromatic heterocycles. The van der Waals surface area contributed by atoms with Gasteiger partial charge in [-0.25, -0.2) is 4.98 Å². The van der Waals surface area contributed by atoms with E-state index < -0.39 is 0 Å². The normalized spacial score (nSPS) is 17.1. The van der Waals surface area contributed by atoms with Gasteiger partial charge in [-0.2, -0.15) is 0 Å². The van der Waals surface area contributed by atoms with Gasteiger partial charge in [0.05, 0.1) is 5.69 Å². The summed E-state index contributed by atoms with van der Waals surface area (Å²) < 4.78 is 5.94. The van der Waals surface area contributed by atoms with Crippen LogP contribution in [0.2, 0.25) is 0 Å². The first-order chi connectivity index (χ1) is 9.28.